The molecule has 0 bridgehead atoms. The Morgan fingerprint density at radius 2 is 2.07 bits per heavy atom. The molecule has 2 unspecified atom stereocenters. The van der Waals surface area contributed by atoms with E-state index in [1.54, 1.807) is 11.3 Å². The van der Waals surface area contributed by atoms with Crippen molar-refractivity contribution in [2.24, 2.45) is 11.3 Å². The van der Waals surface area contributed by atoms with Crippen molar-refractivity contribution in [2.75, 3.05) is 0 Å². The van der Waals surface area contributed by atoms with E-state index in [1.165, 1.54) is 0 Å². The Balaban J connectivity index is 2.42. The summed E-state index contributed by atoms with van der Waals surface area (Å²) in [6.07, 6.45) is 1.76. The van der Waals surface area contributed by atoms with Gasteiger partial charge in [0.15, 0.2) is 0 Å². The molecule has 0 amide bonds. The standard InChI is InChI=1S/C13H22OS/c1-10(9-13(2,3)4)8-11(14)12-6-5-7-15-12/h5-7,10-11,14H,8-9H2,1-4H3. The van der Waals surface area contributed by atoms with Crippen LogP contribution in [0.25, 0.3) is 0 Å². The zero-order chi connectivity index (χ0) is 11.5. The second-order valence-electron chi connectivity index (χ2n) is 5.64. The van der Waals surface area contributed by atoms with E-state index in [1.807, 2.05) is 17.5 Å². The van der Waals surface area contributed by atoms with Crippen molar-refractivity contribution >= 4 is 11.3 Å². The normalized spacial score (nSPS) is 16.3. The van der Waals surface area contributed by atoms with Crippen LogP contribution in [-0.2, 0) is 0 Å². The van der Waals surface area contributed by atoms with Crippen LogP contribution in [0.15, 0.2) is 17.5 Å². The highest BCUT2D eigenvalue weighted by Crippen LogP contribution is 2.31. The summed E-state index contributed by atoms with van der Waals surface area (Å²) < 4.78 is 0. The van der Waals surface area contributed by atoms with Gasteiger partial charge in [0.25, 0.3) is 0 Å². The molecule has 0 aliphatic carbocycles. The van der Waals surface area contributed by atoms with Gasteiger partial charge in [-0.25, -0.2) is 0 Å². The minimum atomic E-state index is -0.276. The number of hydrogen-bond acceptors (Lipinski definition) is 2. The lowest BCUT2D eigenvalue weighted by Crippen LogP contribution is -2.13. The summed E-state index contributed by atoms with van der Waals surface area (Å²) in [6, 6.07) is 4.01. The zero-order valence-corrected chi connectivity index (χ0v) is 11.0. The van der Waals surface area contributed by atoms with Gasteiger partial charge < -0.3 is 5.11 Å². The van der Waals surface area contributed by atoms with Crippen LogP contribution >= 0.6 is 11.3 Å². The lowest BCUT2D eigenvalue weighted by atomic mass is 9.83. The Labute approximate surface area is 97.2 Å². The van der Waals surface area contributed by atoms with E-state index in [-0.39, 0.29) is 6.10 Å². The third-order valence-corrected chi connectivity index (χ3v) is 3.43. The number of aliphatic hydroxyl groups is 1. The highest BCUT2D eigenvalue weighted by Gasteiger charge is 2.19. The third kappa shape index (κ3) is 4.80. The van der Waals surface area contributed by atoms with Crippen molar-refractivity contribution in [3.63, 3.8) is 0 Å². The average molecular weight is 226 g/mol. The second-order valence-corrected chi connectivity index (χ2v) is 6.62. The molecule has 1 rings (SSSR count). The van der Waals surface area contributed by atoms with E-state index >= 15 is 0 Å². The van der Waals surface area contributed by atoms with Gasteiger partial charge in [0.2, 0.25) is 0 Å². The molecule has 1 aromatic rings. The van der Waals surface area contributed by atoms with Crippen LogP contribution in [0, 0.1) is 11.3 Å². The number of thiophene rings is 1. The molecule has 2 heteroatoms. The van der Waals surface area contributed by atoms with Crippen LogP contribution in [-0.4, -0.2) is 5.11 Å². The van der Waals surface area contributed by atoms with Gasteiger partial charge in [0.1, 0.15) is 0 Å². The van der Waals surface area contributed by atoms with E-state index in [2.05, 4.69) is 27.7 Å². The van der Waals surface area contributed by atoms with E-state index in [0.717, 1.165) is 17.7 Å². The summed E-state index contributed by atoms with van der Waals surface area (Å²) in [4.78, 5) is 1.09. The fraction of sp³-hybridized carbons (Fsp3) is 0.692. The largest absolute Gasteiger partial charge is 0.388 e. The summed E-state index contributed by atoms with van der Waals surface area (Å²) in [5.41, 5.74) is 0.356. The van der Waals surface area contributed by atoms with Gasteiger partial charge in [0.05, 0.1) is 6.10 Å². The molecule has 86 valence electrons. The molecule has 1 N–H and O–H groups in total. The molecule has 2 atom stereocenters. The summed E-state index contributed by atoms with van der Waals surface area (Å²) in [6.45, 7) is 8.98. The summed E-state index contributed by atoms with van der Waals surface area (Å²) in [5.74, 6) is 0.571. The predicted octanol–water partition coefficient (Wildman–Crippen LogP) is 4.24. The van der Waals surface area contributed by atoms with Crippen molar-refractivity contribution in [2.45, 2.75) is 46.6 Å². The Morgan fingerprint density at radius 1 is 1.40 bits per heavy atom. The number of hydrogen-bond donors (Lipinski definition) is 1. The summed E-state index contributed by atoms with van der Waals surface area (Å²) in [5, 5.41) is 12.0. The molecule has 15 heavy (non-hydrogen) atoms. The molecule has 1 heterocycles. The average Bonchev–Trinajstić information content (AvgIpc) is 2.50. The van der Waals surface area contributed by atoms with Crippen LogP contribution in [0.1, 0.15) is 51.5 Å². The maximum absolute atomic E-state index is 9.99. The van der Waals surface area contributed by atoms with Crippen molar-refractivity contribution in [1.29, 1.82) is 0 Å². The van der Waals surface area contributed by atoms with Gasteiger partial charge >= 0.3 is 0 Å². The third-order valence-electron chi connectivity index (χ3n) is 2.46. The molecule has 0 saturated heterocycles. The summed E-state index contributed by atoms with van der Waals surface area (Å²) >= 11 is 1.64. The smallest absolute Gasteiger partial charge is 0.0884 e. The molecule has 0 spiro atoms. The molecule has 0 aliphatic heterocycles. The van der Waals surface area contributed by atoms with E-state index < -0.39 is 0 Å². The van der Waals surface area contributed by atoms with E-state index in [4.69, 9.17) is 0 Å². The first-order valence-electron chi connectivity index (χ1n) is 5.60. The highest BCUT2D eigenvalue weighted by atomic mass is 32.1. The first-order chi connectivity index (χ1) is 6.88. The monoisotopic (exact) mass is 226 g/mol. The van der Waals surface area contributed by atoms with Gasteiger partial charge in [-0.2, -0.15) is 0 Å². The SMILES string of the molecule is CC(CC(O)c1cccs1)CC(C)(C)C. The maximum atomic E-state index is 9.99. The van der Waals surface area contributed by atoms with Crippen LogP contribution in [0.2, 0.25) is 0 Å². The molecule has 1 aromatic heterocycles. The van der Waals surface area contributed by atoms with Crippen molar-refractivity contribution in [3.8, 4) is 0 Å². The topological polar surface area (TPSA) is 20.2 Å². The van der Waals surface area contributed by atoms with Crippen molar-refractivity contribution < 1.29 is 5.11 Å². The fourth-order valence-electron chi connectivity index (χ4n) is 2.11. The molecule has 0 saturated carbocycles. The quantitative estimate of drug-likeness (QED) is 0.814. The molecular weight excluding hydrogens is 204 g/mol. The van der Waals surface area contributed by atoms with Crippen molar-refractivity contribution in [1.82, 2.24) is 0 Å². The molecule has 0 fully saturated rings. The first kappa shape index (κ1) is 12.7. The molecule has 0 aliphatic rings. The minimum absolute atomic E-state index is 0.276. The lowest BCUT2D eigenvalue weighted by molar-refractivity contribution is 0.137. The zero-order valence-electron chi connectivity index (χ0n) is 10.2. The minimum Gasteiger partial charge on any atom is -0.388 e. The molecular formula is C13H22OS. The number of aliphatic hydroxyl groups excluding tert-OH is 1. The maximum Gasteiger partial charge on any atom is 0.0884 e. The van der Waals surface area contributed by atoms with Gasteiger partial charge in [-0.05, 0) is 35.6 Å². The Hall–Kier alpha value is -0.340. The second kappa shape index (κ2) is 5.13. The summed E-state index contributed by atoms with van der Waals surface area (Å²) in [7, 11) is 0. The van der Waals surface area contributed by atoms with Crippen molar-refractivity contribution in [3.05, 3.63) is 22.4 Å². The Bertz CT molecular complexity index is 271. The van der Waals surface area contributed by atoms with E-state index in [0.29, 0.717) is 11.3 Å². The molecule has 0 aromatic carbocycles. The van der Waals surface area contributed by atoms with Crippen LogP contribution in [0.5, 0.6) is 0 Å². The van der Waals surface area contributed by atoms with Crippen LogP contribution < -0.4 is 0 Å². The van der Waals surface area contributed by atoms with Crippen LogP contribution in [0.4, 0.5) is 0 Å². The lowest BCUT2D eigenvalue weighted by Gasteiger charge is -2.24. The fourth-order valence-corrected chi connectivity index (χ4v) is 2.83. The van der Waals surface area contributed by atoms with Gasteiger partial charge in [-0.15, -0.1) is 11.3 Å². The van der Waals surface area contributed by atoms with E-state index in [9.17, 15) is 5.11 Å². The van der Waals surface area contributed by atoms with Gasteiger partial charge in [-0.3, -0.25) is 0 Å². The van der Waals surface area contributed by atoms with Crippen LogP contribution in [0.3, 0.4) is 0 Å². The Kier molecular flexibility index (Phi) is 4.35. The highest BCUT2D eigenvalue weighted by molar-refractivity contribution is 7.10. The number of rotatable bonds is 4. The predicted molar refractivity (Wildman–Crippen MR) is 67.1 cm³/mol. The van der Waals surface area contributed by atoms with Gasteiger partial charge in [-0.1, -0.05) is 33.8 Å². The first-order valence-corrected chi connectivity index (χ1v) is 6.48. The Morgan fingerprint density at radius 3 is 2.53 bits per heavy atom. The molecule has 0 radical (unpaired) electrons. The molecule has 1 nitrogen and oxygen atoms in total. The van der Waals surface area contributed by atoms with Gasteiger partial charge in [0, 0.05) is 4.88 Å².